The second kappa shape index (κ2) is 22.3. The maximum absolute atomic E-state index is 14.4. The first-order chi connectivity index (χ1) is 29.6. The number of benzene rings is 2. The number of likely N-dealkylation sites (N-methyl/N-ethyl adjacent to an activating group) is 1. The molecule has 4 rings (SSSR count). The van der Waals surface area contributed by atoms with Gasteiger partial charge in [0.2, 0.25) is 0 Å². The van der Waals surface area contributed by atoms with Crippen molar-refractivity contribution in [2.75, 3.05) is 35.4 Å². The Morgan fingerprint density at radius 3 is 2.05 bits per heavy atom. The summed E-state index contributed by atoms with van der Waals surface area (Å²) < 4.78 is 42.7. The van der Waals surface area contributed by atoms with Crippen LogP contribution in [0.2, 0.25) is 0 Å². The Morgan fingerprint density at radius 1 is 0.921 bits per heavy atom. The number of nitrogens with zero attached hydrogens (tertiary/aromatic N) is 3. The van der Waals surface area contributed by atoms with E-state index in [0.717, 1.165) is 5.56 Å². The van der Waals surface area contributed by atoms with Gasteiger partial charge in [-0.05, 0) is 121 Å². The van der Waals surface area contributed by atoms with E-state index < -0.39 is 83.6 Å². The van der Waals surface area contributed by atoms with E-state index in [1.807, 2.05) is 77.9 Å². The lowest BCUT2D eigenvalue weighted by atomic mass is 9.73. The maximum Gasteiger partial charge on any atom is 0.312 e. The Morgan fingerprint density at radius 2 is 1.51 bits per heavy atom. The van der Waals surface area contributed by atoms with E-state index >= 15 is 0 Å². The highest BCUT2D eigenvalue weighted by atomic mass is 16.7. The van der Waals surface area contributed by atoms with E-state index in [2.05, 4.69) is 5.10 Å². The van der Waals surface area contributed by atoms with E-state index in [4.69, 9.17) is 38.3 Å². The van der Waals surface area contributed by atoms with Gasteiger partial charge in [0.15, 0.2) is 6.29 Å². The zero-order valence-corrected chi connectivity index (χ0v) is 39.7. The molecule has 0 saturated carbocycles. The molecule has 4 unspecified atom stereocenters. The molecular formula is C48H73N3O12. The average molecular weight is 884 g/mol. The van der Waals surface area contributed by atoms with Gasteiger partial charge in [-0.3, -0.25) is 9.59 Å². The molecule has 0 radical (unpaired) electrons. The highest BCUT2D eigenvalue weighted by Gasteiger charge is 2.52. The summed E-state index contributed by atoms with van der Waals surface area (Å²) in [6.45, 7) is 15.9. The van der Waals surface area contributed by atoms with Gasteiger partial charge in [-0.2, -0.15) is 10.2 Å². The number of hydrogen-bond donors (Lipinski definition) is 3. The largest absolute Gasteiger partial charge is 0.497 e. The monoisotopic (exact) mass is 884 g/mol. The number of rotatable bonds is 12. The third-order valence-electron chi connectivity index (χ3n) is 13.1. The first kappa shape index (κ1) is 51.7. The minimum absolute atomic E-state index is 0.113. The van der Waals surface area contributed by atoms with E-state index in [1.54, 1.807) is 66.4 Å². The Hall–Kier alpha value is -3.96. The summed E-state index contributed by atoms with van der Waals surface area (Å²) in [5.74, 6) is -3.28. The molecule has 2 fully saturated rings. The lowest BCUT2D eigenvalue weighted by Gasteiger charge is -2.48. The molecule has 352 valence electrons. The molecule has 2 aromatic rings. The summed E-state index contributed by atoms with van der Waals surface area (Å²) in [7, 11) is 8.46. The van der Waals surface area contributed by atoms with Crippen LogP contribution >= 0.6 is 0 Å². The fourth-order valence-corrected chi connectivity index (χ4v) is 9.11. The summed E-state index contributed by atoms with van der Waals surface area (Å²) >= 11 is 0. The van der Waals surface area contributed by atoms with Crippen molar-refractivity contribution < 1.29 is 58.1 Å². The summed E-state index contributed by atoms with van der Waals surface area (Å²) in [5, 5.41) is 45.4. The summed E-state index contributed by atoms with van der Waals surface area (Å²) in [6, 6.07) is 14.1. The van der Waals surface area contributed by atoms with Crippen molar-refractivity contribution in [3.05, 3.63) is 59.7 Å². The third-order valence-corrected chi connectivity index (χ3v) is 13.1. The fourth-order valence-electron chi connectivity index (χ4n) is 9.11. The smallest absolute Gasteiger partial charge is 0.312 e. The van der Waals surface area contributed by atoms with Gasteiger partial charge in [-0.1, -0.05) is 39.8 Å². The van der Waals surface area contributed by atoms with Crippen LogP contribution in [0.1, 0.15) is 92.7 Å². The second-order valence-corrected chi connectivity index (χ2v) is 18.1. The quantitative estimate of drug-likeness (QED) is 0.136. The molecule has 3 N–H and O–H groups in total. The lowest BCUT2D eigenvalue weighted by Crippen LogP contribution is -2.60. The Labute approximate surface area is 374 Å². The second-order valence-electron chi connectivity index (χ2n) is 18.1. The van der Waals surface area contributed by atoms with Crippen LogP contribution in [0.5, 0.6) is 11.5 Å². The van der Waals surface area contributed by atoms with Crippen molar-refractivity contribution >= 4 is 23.4 Å². The number of methoxy groups -OCH3 is 3. The van der Waals surface area contributed by atoms with Crippen LogP contribution in [-0.2, 0) is 39.7 Å². The molecule has 0 bridgehead atoms. The molecule has 0 spiro atoms. The van der Waals surface area contributed by atoms with Gasteiger partial charge >= 0.3 is 11.9 Å². The molecule has 15 heteroatoms. The van der Waals surface area contributed by atoms with Crippen LogP contribution in [0.15, 0.2) is 58.7 Å². The van der Waals surface area contributed by atoms with Crippen molar-refractivity contribution in [1.82, 2.24) is 4.90 Å². The standard InChI is InChI=1S/C48H73N3O12/c1-15-38-48(9,56)43(54)29(4)40(50-49-32(7)34-18-22-36(58-13)23-19-34)27(2)26-47(8,59-14)44(63-46-41(53)37(51(10)11)24-28(3)60-46)30(5)42(31(6)45(55)61-38)62-39(52)25-33-16-20-35(57-12)21-17-33/h16-23,27-31,37-38,41-44,46,53-54,56H,15,24-26H2,1-14H3/b49-32+,50-40+/t27-,28?,29+,30+,31-,37?,38-,41?,42+,43-,44-,46?,47-,48-/m1/s1. The minimum atomic E-state index is -1.96. The Kier molecular flexibility index (Phi) is 18.3. The van der Waals surface area contributed by atoms with Gasteiger partial charge < -0.3 is 53.4 Å². The van der Waals surface area contributed by atoms with Crippen molar-refractivity contribution in [2.24, 2.45) is 33.9 Å². The molecule has 0 aliphatic carbocycles. The molecule has 0 aromatic heterocycles. The van der Waals surface area contributed by atoms with Crippen molar-refractivity contribution in [3.63, 3.8) is 0 Å². The van der Waals surface area contributed by atoms with Gasteiger partial charge in [0.05, 0.1) is 56.2 Å². The van der Waals surface area contributed by atoms with Crippen LogP contribution in [0.25, 0.3) is 0 Å². The molecule has 2 heterocycles. The average Bonchev–Trinajstić information content (AvgIpc) is 3.26. The Balaban J connectivity index is 1.91. The zero-order valence-electron chi connectivity index (χ0n) is 39.7. The molecule has 2 saturated heterocycles. The summed E-state index contributed by atoms with van der Waals surface area (Å²) in [5.41, 5.74) is -0.726. The molecule has 2 aromatic carbocycles. The SMILES string of the molecule is CC[C@H]1OC(=O)[C@H](C)[C@@H](OC(=O)Cc2ccc(OC)cc2)[C@H](C)[C@@H](OC2OC(C)CC(N(C)C)C2O)[C@](C)(OC)C[C@@H](C)/C(=N\N=C(/C)c2ccc(OC)cc2)[C@H](C)[C@@H](O)[C@]1(C)O. The number of ether oxygens (including phenoxy) is 7. The van der Waals surface area contributed by atoms with Crippen LogP contribution < -0.4 is 9.47 Å². The van der Waals surface area contributed by atoms with Crippen molar-refractivity contribution in [3.8, 4) is 11.5 Å². The number of aliphatic hydroxyl groups is 3. The molecule has 14 atom stereocenters. The zero-order chi connectivity index (χ0) is 47.0. The van der Waals surface area contributed by atoms with Crippen LogP contribution in [0, 0.1) is 23.7 Å². The van der Waals surface area contributed by atoms with E-state index in [0.29, 0.717) is 34.9 Å². The Bertz CT molecular complexity index is 1850. The number of carbonyl (C=O) groups excluding carboxylic acids is 2. The molecular weight excluding hydrogens is 811 g/mol. The van der Waals surface area contributed by atoms with Crippen molar-refractivity contribution in [2.45, 2.75) is 148 Å². The lowest BCUT2D eigenvalue weighted by molar-refractivity contribution is -0.301. The number of aliphatic hydroxyl groups excluding tert-OH is 2. The molecule has 63 heavy (non-hydrogen) atoms. The van der Waals surface area contributed by atoms with Crippen LogP contribution in [0.4, 0.5) is 0 Å². The summed E-state index contributed by atoms with van der Waals surface area (Å²) in [6.07, 6.45) is -6.56. The van der Waals surface area contributed by atoms with E-state index in [1.165, 1.54) is 6.92 Å². The van der Waals surface area contributed by atoms with Gasteiger partial charge in [0.1, 0.15) is 35.4 Å². The minimum Gasteiger partial charge on any atom is -0.497 e. The number of cyclic esters (lactones) is 1. The maximum atomic E-state index is 14.4. The predicted molar refractivity (Wildman–Crippen MR) is 240 cm³/mol. The highest BCUT2D eigenvalue weighted by molar-refractivity contribution is 5.99. The number of carbonyl (C=O) groups is 2. The van der Waals surface area contributed by atoms with E-state index in [9.17, 15) is 24.9 Å². The molecule has 2 aliphatic rings. The van der Waals surface area contributed by atoms with E-state index in [-0.39, 0.29) is 31.4 Å². The van der Waals surface area contributed by atoms with Gasteiger partial charge in [-0.25, -0.2) is 0 Å². The first-order valence-corrected chi connectivity index (χ1v) is 22.0. The topological polar surface area (TPSA) is 187 Å². The number of esters is 2. The highest BCUT2D eigenvalue weighted by Crippen LogP contribution is 2.40. The third kappa shape index (κ3) is 12.4. The van der Waals surface area contributed by atoms with Gasteiger partial charge in [0, 0.05) is 30.7 Å². The predicted octanol–water partition coefficient (Wildman–Crippen LogP) is 5.62. The fraction of sp³-hybridized carbons (Fsp3) is 0.667. The van der Waals surface area contributed by atoms with Crippen LogP contribution in [-0.4, -0.2) is 139 Å². The first-order valence-electron chi connectivity index (χ1n) is 22.0. The summed E-state index contributed by atoms with van der Waals surface area (Å²) in [4.78, 5) is 30.3. The van der Waals surface area contributed by atoms with Crippen LogP contribution in [0.3, 0.4) is 0 Å². The normalized spacial score (nSPS) is 35.7. The van der Waals surface area contributed by atoms with Gasteiger partial charge in [-0.15, -0.1) is 0 Å². The molecule has 15 nitrogen and oxygen atoms in total. The number of hydrogen-bond acceptors (Lipinski definition) is 15. The molecule has 2 aliphatic heterocycles. The van der Waals surface area contributed by atoms with Crippen molar-refractivity contribution in [1.29, 1.82) is 0 Å². The molecule has 0 amide bonds. The van der Waals surface area contributed by atoms with Gasteiger partial charge in [0.25, 0.3) is 0 Å².